The topological polar surface area (TPSA) is 92.8 Å². The Labute approximate surface area is 171 Å². The first-order valence-electron chi connectivity index (χ1n) is 9.02. The van der Waals surface area contributed by atoms with Crippen molar-refractivity contribution >= 4 is 33.3 Å². The van der Waals surface area contributed by atoms with Crippen molar-refractivity contribution in [3.63, 3.8) is 0 Å². The van der Waals surface area contributed by atoms with E-state index in [4.69, 9.17) is 4.74 Å². The molecular weight excluding hydrogens is 392 g/mol. The number of esters is 1. The van der Waals surface area contributed by atoms with Crippen LogP contribution < -0.4 is 9.62 Å². The lowest BCUT2D eigenvalue weighted by atomic mass is 10.1. The Bertz CT molecular complexity index is 1050. The Morgan fingerprint density at radius 3 is 2.17 bits per heavy atom. The summed E-state index contributed by atoms with van der Waals surface area (Å²) < 4.78 is 30.7. The third kappa shape index (κ3) is 5.14. The largest absolute Gasteiger partial charge is 0.465 e. The molecule has 0 radical (unpaired) electrons. The fourth-order valence-corrected chi connectivity index (χ4v) is 4.08. The smallest absolute Gasteiger partial charge is 0.337 e. The highest BCUT2D eigenvalue weighted by atomic mass is 32.2. The van der Waals surface area contributed by atoms with E-state index >= 15 is 0 Å². The predicted molar refractivity (Wildman–Crippen MR) is 114 cm³/mol. The van der Waals surface area contributed by atoms with Gasteiger partial charge in [-0.25, -0.2) is 13.2 Å². The number of hydrogen-bond donors (Lipinski definition) is 1. The normalized spacial score (nSPS) is 12.2. The van der Waals surface area contributed by atoms with Crippen molar-refractivity contribution in [2.45, 2.75) is 33.7 Å². The molecule has 0 aliphatic rings. The number of hydrogen-bond acceptors (Lipinski definition) is 5. The molecule has 7 nitrogen and oxygen atoms in total. The van der Waals surface area contributed by atoms with E-state index in [9.17, 15) is 18.0 Å². The van der Waals surface area contributed by atoms with Crippen LogP contribution in [0.5, 0.6) is 0 Å². The summed E-state index contributed by atoms with van der Waals surface area (Å²) in [6, 6.07) is 9.01. The summed E-state index contributed by atoms with van der Waals surface area (Å²) in [5.74, 6) is -1.04. The van der Waals surface area contributed by atoms with Gasteiger partial charge in [-0.05, 0) is 68.7 Å². The Balaban J connectivity index is 2.37. The summed E-state index contributed by atoms with van der Waals surface area (Å²) in [6.45, 7) is 7.10. The van der Waals surface area contributed by atoms with Crippen LogP contribution in [0, 0.1) is 20.8 Å². The minimum Gasteiger partial charge on any atom is -0.465 e. The maximum atomic E-state index is 12.9. The zero-order valence-electron chi connectivity index (χ0n) is 17.4. The van der Waals surface area contributed by atoms with Gasteiger partial charge in [0.25, 0.3) is 0 Å². The Kier molecular flexibility index (Phi) is 6.69. The van der Waals surface area contributed by atoms with Crippen molar-refractivity contribution in [2.75, 3.05) is 23.0 Å². The molecule has 1 N–H and O–H groups in total. The number of anilines is 2. The second-order valence-corrected chi connectivity index (χ2v) is 8.87. The molecule has 2 aromatic rings. The Morgan fingerprint density at radius 2 is 1.62 bits per heavy atom. The Hall–Kier alpha value is -2.87. The second kappa shape index (κ2) is 8.65. The second-order valence-electron chi connectivity index (χ2n) is 7.01. The number of nitrogens with zero attached hydrogens (tertiary/aromatic N) is 1. The molecule has 0 aromatic heterocycles. The minimum atomic E-state index is -3.72. The lowest BCUT2D eigenvalue weighted by Gasteiger charge is -2.29. The number of rotatable bonds is 6. The van der Waals surface area contributed by atoms with Crippen LogP contribution in [-0.2, 0) is 19.6 Å². The first kappa shape index (κ1) is 22.4. The van der Waals surface area contributed by atoms with Gasteiger partial charge in [0.15, 0.2) is 0 Å². The van der Waals surface area contributed by atoms with Crippen molar-refractivity contribution in [3.8, 4) is 0 Å². The summed E-state index contributed by atoms with van der Waals surface area (Å²) >= 11 is 0. The van der Waals surface area contributed by atoms with Gasteiger partial charge >= 0.3 is 5.97 Å². The van der Waals surface area contributed by atoms with E-state index in [1.165, 1.54) is 20.1 Å². The van der Waals surface area contributed by atoms with Crippen LogP contribution in [0.25, 0.3) is 0 Å². The number of aryl methyl sites for hydroxylation is 3. The molecule has 0 spiro atoms. The van der Waals surface area contributed by atoms with E-state index < -0.39 is 27.9 Å². The van der Waals surface area contributed by atoms with E-state index in [1.54, 1.807) is 31.2 Å². The summed E-state index contributed by atoms with van der Waals surface area (Å²) in [7, 11) is -2.45. The van der Waals surface area contributed by atoms with Gasteiger partial charge in [0.1, 0.15) is 6.04 Å². The number of carbonyl (C=O) groups is 2. The van der Waals surface area contributed by atoms with E-state index in [2.05, 4.69) is 5.32 Å². The average Bonchev–Trinajstić information content (AvgIpc) is 2.64. The first-order chi connectivity index (χ1) is 13.5. The highest BCUT2D eigenvalue weighted by Gasteiger charge is 2.29. The fourth-order valence-electron chi connectivity index (χ4n) is 2.91. The maximum absolute atomic E-state index is 12.9. The predicted octanol–water partition coefficient (Wildman–Crippen LogP) is 3.19. The summed E-state index contributed by atoms with van der Waals surface area (Å²) in [5.41, 5.74) is 3.79. The molecule has 29 heavy (non-hydrogen) atoms. The lowest BCUT2D eigenvalue weighted by Crippen LogP contribution is -2.45. The third-order valence-electron chi connectivity index (χ3n) is 4.75. The molecule has 1 atom stereocenters. The molecule has 2 aromatic carbocycles. The quantitative estimate of drug-likeness (QED) is 0.727. The molecular formula is C21H26N2O5S. The van der Waals surface area contributed by atoms with Gasteiger partial charge in [-0.2, -0.15) is 0 Å². The zero-order chi connectivity index (χ0) is 21.9. The fraction of sp³-hybridized carbons (Fsp3) is 0.333. The van der Waals surface area contributed by atoms with Gasteiger partial charge in [0.05, 0.1) is 24.6 Å². The third-order valence-corrected chi connectivity index (χ3v) is 5.99. The number of sulfonamides is 1. The number of methoxy groups -OCH3 is 1. The Morgan fingerprint density at radius 1 is 1.00 bits per heavy atom. The number of carbonyl (C=O) groups excluding carboxylic acids is 2. The standard InChI is InChI=1S/C21H26N2O5S/c1-13-8-10-18(11-15(13)3)23(29(6,26)27)16(4)20(24)22-19-12-17(21(25)28-5)9-7-14(19)2/h7-12,16H,1-6H3,(H,22,24). The summed E-state index contributed by atoms with van der Waals surface area (Å²) in [6.07, 6.45) is 1.06. The molecule has 0 fully saturated rings. The van der Waals surface area contributed by atoms with E-state index in [-0.39, 0.29) is 5.56 Å². The highest BCUT2D eigenvalue weighted by molar-refractivity contribution is 7.92. The van der Waals surface area contributed by atoms with Gasteiger partial charge in [0, 0.05) is 5.69 Å². The average molecular weight is 419 g/mol. The molecule has 0 heterocycles. The molecule has 0 aliphatic carbocycles. The van der Waals surface area contributed by atoms with Crippen molar-refractivity contribution in [2.24, 2.45) is 0 Å². The summed E-state index contributed by atoms with van der Waals surface area (Å²) in [5, 5.41) is 2.72. The monoisotopic (exact) mass is 418 g/mol. The van der Waals surface area contributed by atoms with Crippen LogP contribution in [0.1, 0.15) is 34.0 Å². The van der Waals surface area contributed by atoms with Crippen LogP contribution in [0.3, 0.4) is 0 Å². The van der Waals surface area contributed by atoms with E-state index in [1.807, 2.05) is 19.9 Å². The molecule has 8 heteroatoms. The maximum Gasteiger partial charge on any atom is 0.337 e. The zero-order valence-corrected chi connectivity index (χ0v) is 18.3. The van der Waals surface area contributed by atoms with Gasteiger partial charge in [0.2, 0.25) is 15.9 Å². The van der Waals surface area contributed by atoms with Crippen molar-refractivity contribution < 1.29 is 22.7 Å². The molecule has 0 aliphatic heterocycles. The number of ether oxygens (including phenoxy) is 1. The SMILES string of the molecule is COC(=O)c1ccc(C)c(NC(=O)C(C)N(c2ccc(C)c(C)c2)S(C)(=O)=O)c1. The number of amides is 1. The van der Waals surface area contributed by atoms with Crippen molar-refractivity contribution in [1.82, 2.24) is 0 Å². The van der Waals surface area contributed by atoms with Gasteiger partial charge in [-0.15, -0.1) is 0 Å². The van der Waals surface area contributed by atoms with Crippen LogP contribution in [0.2, 0.25) is 0 Å². The molecule has 0 bridgehead atoms. The molecule has 1 amide bonds. The van der Waals surface area contributed by atoms with Gasteiger partial charge in [-0.1, -0.05) is 12.1 Å². The highest BCUT2D eigenvalue weighted by Crippen LogP contribution is 2.25. The molecule has 1 unspecified atom stereocenters. The van der Waals surface area contributed by atoms with E-state index in [0.29, 0.717) is 11.4 Å². The molecule has 0 saturated carbocycles. The first-order valence-corrected chi connectivity index (χ1v) is 10.9. The van der Waals surface area contributed by atoms with Crippen LogP contribution in [-0.4, -0.2) is 39.7 Å². The summed E-state index contributed by atoms with van der Waals surface area (Å²) in [4.78, 5) is 24.7. The van der Waals surface area contributed by atoms with Gasteiger partial charge in [-0.3, -0.25) is 9.10 Å². The molecule has 2 rings (SSSR count). The van der Waals surface area contributed by atoms with Crippen LogP contribution in [0.4, 0.5) is 11.4 Å². The lowest BCUT2D eigenvalue weighted by molar-refractivity contribution is -0.116. The molecule has 0 saturated heterocycles. The molecule has 156 valence electrons. The number of nitrogens with one attached hydrogen (secondary N) is 1. The minimum absolute atomic E-state index is 0.287. The van der Waals surface area contributed by atoms with E-state index in [0.717, 1.165) is 27.3 Å². The van der Waals surface area contributed by atoms with Crippen LogP contribution in [0.15, 0.2) is 36.4 Å². The number of benzene rings is 2. The van der Waals surface area contributed by atoms with Gasteiger partial charge < -0.3 is 10.1 Å². The van der Waals surface area contributed by atoms with Crippen LogP contribution >= 0.6 is 0 Å². The van der Waals surface area contributed by atoms with Crippen molar-refractivity contribution in [1.29, 1.82) is 0 Å². The van der Waals surface area contributed by atoms with Crippen molar-refractivity contribution in [3.05, 3.63) is 58.7 Å².